The Morgan fingerprint density at radius 2 is 1.93 bits per heavy atom. The molecule has 2 aliphatic carbocycles. The SMILES string of the molecule is CC(C)=C1C=C2CCCCC2(C)CC1. The van der Waals surface area contributed by atoms with Crippen molar-refractivity contribution in [2.24, 2.45) is 5.41 Å². The molecule has 1 saturated carbocycles. The fraction of sp³-hybridized carbons (Fsp3) is 0.714. The van der Waals surface area contributed by atoms with Crippen molar-refractivity contribution in [2.45, 2.75) is 59.3 Å². The van der Waals surface area contributed by atoms with Gasteiger partial charge in [0.1, 0.15) is 0 Å². The topological polar surface area (TPSA) is 0 Å². The zero-order valence-electron chi connectivity index (χ0n) is 9.82. The summed E-state index contributed by atoms with van der Waals surface area (Å²) in [6, 6.07) is 0. The van der Waals surface area contributed by atoms with Gasteiger partial charge in [0, 0.05) is 0 Å². The first kappa shape index (κ1) is 10.0. The number of hydrogen-bond acceptors (Lipinski definition) is 0. The van der Waals surface area contributed by atoms with Gasteiger partial charge >= 0.3 is 0 Å². The molecule has 0 N–H and O–H groups in total. The lowest BCUT2D eigenvalue weighted by molar-refractivity contribution is 0.274. The Kier molecular flexibility index (Phi) is 2.55. The molecule has 1 fully saturated rings. The maximum absolute atomic E-state index is 2.51. The molecule has 14 heavy (non-hydrogen) atoms. The van der Waals surface area contributed by atoms with Crippen molar-refractivity contribution in [3.8, 4) is 0 Å². The lowest BCUT2D eigenvalue weighted by Crippen LogP contribution is -2.26. The van der Waals surface area contributed by atoms with Gasteiger partial charge in [-0.1, -0.05) is 30.6 Å². The van der Waals surface area contributed by atoms with E-state index in [1.54, 1.807) is 11.1 Å². The van der Waals surface area contributed by atoms with Gasteiger partial charge in [0.25, 0.3) is 0 Å². The standard InChI is InChI=1S/C14H22/c1-11(2)12-7-9-14(3)8-5-4-6-13(14)10-12/h10H,4-9H2,1-3H3. The van der Waals surface area contributed by atoms with E-state index in [2.05, 4.69) is 26.8 Å². The summed E-state index contributed by atoms with van der Waals surface area (Å²) in [6.45, 7) is 6.97. The monoisotopic (exact) mass is 190 g/mol. The quantitative estimate of drug-likeness (QED) is 0.522. The first-order chi connectivity index (χ1) is 6.62. The van der Waals surface area contributed by atoms with E-state index < -0.39 is 0 Å². The second-order valence-corrected chi connectivity index (χ2v) is 5.46. The molecule has 0 spiro atoms. The second-order valence-electron chi connectivity index (χ2n) is 5.46. The first-order valence-corrected chi connectivity index (χ1v) is 5.99. The van der Waals surface area contributed by atoms with E-state index in [1.165, 1.54) is 44.1 Å². The molecule has 0 nitrogen and oxygen atoms in total. The average Bonchev–Trinajstić information content (AvgIpc) is 2.16. The minimum Gasteiger partial charge on any atom is -0.0732 e. The van der Waals surface area contributed by atoms with E-state index in [4.69, 9.17) is 0 Å². The number of fused-ring (bicyclic) bond motifs is 1. The Morgan fingerprint density at radius 3 is 2.64 bits per heavy atom. The minimum absolute atomic E-state index is 0.567. The summed E-state index contributed by atoms with van der Waals surface area (Å²) in [7, 11) is 0. The Hall–Kier alpha value is -0.520. The van der Waals surface area contributed by atoms with E-state index in [1.807, 2.05) is 0 Å². The van der Waals surface area contributed by atoms with E-state index in [0.29, 0.717) is 5.41 Å². The first-order valence-electron chi connectivity index (χ1n) is 5.99. The molecule has 1 atom stereocenters. The lowest BCUT2D eigenvalue weighted by Gasteiger charge is -2.40. The van der Waals surface area contributed by atoms with Crippen LogP contribution in [0.5, 0.6) is 0 Å². The predicted octanol–water partition coefficient (Wildman–Crippen LogP) is 4.62. The molecule has 0 aromatic carbocycles. The van der Waals surface area contributed by atoms with Gasteiger partial charge in [-0.15, -0.1) is 0 Å². The highest BCUT2D eigenvalue weighted by Crippen LogP contribution is 2.48. The zero-order valence-corrected chi connectivity index (χ0v) is 9.82. The molecular formula is C14H22. The fourth-order valence-corrected chi connectivity index (χ4v) is 2.91. The van der Waals surface area contributed by atoms with Crippen molar-refractivity contribution in [3.63, 3.8) is 0 Å². The minimum atomic E-state index is 0.567. The lowest BCUT2D eigenvalue weighted by atomic mass is 9.65. The largest absolute Gasteiger partial charge is 0.0732 e. The summed E-state index contributed by atoms with van der Waals surface area (Å²) < 4.78 is 0. The smallest absolute Gasteiger partial charge is 0.0110 e. The molecule has 0 aliphatic heterocycles. The summed E-state index contributed by atoms with van der Waals surface area (Å²) in [5, 5.41) is 0. The summed E-state index contributed by atoms with van der Waals surface area (Å²) in [5.74, 6) is 0. The van der Waals surface area contributed by atoms with Crippen LogP contribution in [0.25, 0.3) is 0 Å². The molecule has 0 heterocycles. The van der Waals surface area contributed by atoms with Crippen molar-refractivity contribution >= 4 is 0 Å². The van der Waals surface area contributed by atoms with Crippen LogP contribution in [0.1, 0.15) is 59.3 Å². The summed E-state index contributed by atoms with van der Waals surface area (Å²) in [6.07, 6.45) is 10.8. The van der Waals surface area contributed by atoms with E-state index >= 15 is 0 Å². The van der Waals surface area contributed by atoms with Crippen molar-refractivity contribution in [2.75, 3.05) is 0 Å². The molecule has 0 saturated heterocycles. The van der Waals surface area contributed by atoms with Crippen LogP contribution < -0.4 is 0 Å². The van der Waals surface area contributed by atoms with Crippen molar-refractivity contribution in [1.82, 2.24) is 0 Å². The summed E-state index contributed by atoms with van der Waals surface area (Å²) >= 11 is 0. The maximum atomic E-state index is 2.51. The van der Waals surface area contributed by atoms with Crippen LogP contribution in [0, 0.1) is 5.41 Å². The highest BCUT2D eigenvalue weighted by atomic mass is 14.4. The van der Waals surface area contributed by atoms with Crippen molar-refractivity contribution < 1.29 is 0 Å². The second kappa shape index (κ2) is 3.56. The summed E-state index contributed by atoms with van der Waals surface area (Å²) in [5.41, 5.74) is 5.44. The Labute approximate surface area is 88.1 Å². The normalized spacial score (nSPS) is 32.2. The zero-order chi connectivity index (χ0) is 10.2. The van der Waals surface area contributed by atoms with Gasteiger partial charge in [-0.25, -0.2) is 0 Å². The average molecular weight is 190 g/mol. The van der Waals surface area contributed by atoms with Gasteiger partial charge in [0.05, 0.1) is 0 Å². The molecule has 2 aliphatic rings. The molecule has 1 unspecified atom stereocenters. The molecule has 0 amide bonds. The Bertz CT molecular complexity index is 289. The maximum Gasteiger partial charge on any atom is -0.0110 e. The van der Waals surface area contributed by atoms with Gasteiger partial charge in [-0.3, -0.25) is 0 Å². The molecule has 0 aromatic rings. The predicted molar refractivity (Wildman–Crippen MR) is 62.3 cm³/mol. The van der Waals surface area contributed by atoms with Crippen LogP contribution in [-0.4, -0.2) is 0 Å². The van der Waals surface area contributed by atoms with E-state index in [9.17, 15) is 0 Å². The molecular weight excluding hydrogens is 168 g/mol. The fourth-order valence-electron chi connectivity index (χ4n) is 2.91. The van der Waals surface area contributed by atoms with Crippen LogP contribution in [0.15, 0.2) is 22.8 Å². The molecule has 0 aromatic heterocycles. The third-order valence-corrected chi connectivity index (χ3v) is 4.14. The van der Waals surface area contributed by atoms with Crippen LogP contribution in [0.4, 0.5) is 0 Å². The van der Waals surface area contributed by atoms with Crippen LogP contribution >= 0.6 is 0 Å². The number of hydrogen-bond donors (Lipinski definition) is 0. The van der Waals surface area contributed by atoms with E-state index in [0.717, 1.165) is 0 Å². The highest BCUT2D eigenvalue weighted by molar-refractivity contribution is 5.34. The Morgan fingerprint density at radius 1 is 1.14 bits per heavy atom. The summed E-state index contributed by atoms with van der Waals surface area (Å²) in [4.78, 5) is 0. The van der Waals surface area contributed by atoms with Crippen molar-refractivity contribution in [1.29, 1.82) is 0 Å². The highest BCUT2D eigenvalue weighted by Gasteiger charge is 2.33. The van der Waals surface area contributed by atoms with Crippen molar-refractivity contribution in [3.05, 3.63) is 22.8 Å². The third kappa shape index (κ3) is 1.67. The third-order valence-electron chi connectivity index (χ3n) is 4.14. The number of rotatable bonds is 0. The van der Waals surface area contributed by atoms with Gasteiger partial charge in [-0.2, -0.15) is 0 Å². The van der Waals surface area contributed by atoms with Gasteiger partial charge in [0.15, 0.2) is 0 Å². The van der Waals surface area contributed by atoms with Crippen LogP contribution in [0.2, 0.25) is 0 Å². The van der Waals surface area contributed by atoms with Gasteiger partial charge in [0.2, 0.25) is 0 Å². The molecule has 0 bridgehead atoms. The molecule has 78 valence electrons. The number of allylic oxidation sites excluding steroid dienone is 4. The van der Waals surface area contributed by atoms with E-state index in [-0.39, 0.29) is 0 Å². The van der Waals surface area contributed by atoms with Gasteiger partial charge < -0.3 is 0 Å². The van der Waals surface area contributed by atoms with Gasteiger partial charge in [-0.05, 0) is 56.9 Å². The molecule has 0 heteroatoms. The molecule has 2 rings (SSSR count). The molecule has 0 radical (unpaired) electrons. The Balaban J connectivity index is 2.32. The van der Waals surface area contributed by atoms with Crippen LogP contribution in [-0.2, 0) is 0 Å². The van der Waals surface area contributed by atoms with Crippen LogP contribution in [0.3, 0.4) is 0 Å².